The molecule has 7 nitrogen and oxygen atoms in total. The van der Waals surface area contributed by atoms with Gasteiger partial charge in [-0.2, -0.15) is 0 Å². The fourth-order valence-corrected chi connectivity index (χ4v) is 4.43. The van der Waals surface area contributed by atoms with Gasteiger partial charge in [-0.15, -0.1) is 0 Å². The maximum atomic E-state index is 12.9. The molecule has 1 aromatic rings. The molecule has 0 unspecified atom stereocenters. The van der Waals surface area contributed by atoms with E-state index in [1.807, 2.05) is 17.0 Å². The van der Waals surface area contributed by atoms with Gasteiger partial charge in [0, 0.05) is 38.1 Å². The first-order valence-electron chi connectivity index (χ1n) is 9.62. The van der Waals surface area contributed by atoms with Crippen LogP contribution in [0.15, 0.2) is 12.1 Å². The van der Waals surface area contributed by atoms with Crippen LogP contribution in [0.5, 0.6) is 11.5 Å². The molecule has 4 rings (SSSR count). The van der Waals surface area contributed by atoms with Crippen LogP contribution in [-0.2, 0) is 22.6 Å². The molecule has 3 heterocycles. The zero-order valence-corrected chi connectivity index (χ0v) is 16.0. The third kappa shape index (κ3) is 3.60. The van der Waals surface area contributed by atoms with E-state index in [2.05, 4.69) is 5.32 Å². The van der Waals surface area contributed by atoms with Crippen molar-refractivity contribution in [3.8, 4) is 11.5 Å². The number of nitrogens with zero attached hydrogens (tertiary/aromatic N) is 2. The van der Waals surface area contributed by atoms with Crippen LogP contribution in [0, 0.1) is 0 Å². The Hall–Kier alpha value is -2.28. The molecule has 2 amide bonds. The van der Waals surface area contributed by atoms with Gasteiger partial charge in [0.15, 0.2) is 11.5 Å². The van der Waals surface area contributed by atoms with Gasteiger partial charge in [0.1, 0.15) is 0 Å². The van der Waals surface area contributed by atoms with Crippen molar-refractivity contribution >= 4 is 11.8 Å². The van der Waals surface area contributed by atoms with E-state index in [-0.39, 0.29) is 24.4 Å². The van der Waals surface area contributed by atoms with Gasteiger partial charge in [-0.3, -0.25) is 9.59 Å². The highest BCUT2D eigenvalue weighted by Crippen LogP contribution is 2.33. The first-order chi connectivity index (χ1) is 13.1. The molecule has 0 radical (unpaired) electrons. The number of carbonyl (C=O) groups excluding carboxylic acids is 2. The predicted molar refractivity (Wildman–Crippen MR) is 99.8 cm³/mol. The van der Waals surface area contributed by atoms with Gasteiger partial charge in [-0.25, -0.2) is 0 Å². The van der Waals surface area contributed by atoms with Gasteiger partial charge in [-0.1, -0.05) is 0 Å². The monoisotopic (exact) mass is 373 g/mol. The van der Waals surface area contributed by atoms with Crippen molar-refractivity contribution in [2.45, 2.75) is 44.3 Å². The second kappa shape index (κ2) is 7.38. The molecule has 2 fully saturated rings. The third-order valence-electron chi connectivity index (χ3n) is 5.95. The minimum Gasteiger partial charge on any atom is -0.493 e. The molecule has 146 valence electrons. The molecule has 3 aliphatic heterocycles. The highest BCUT2D eigenvalue weighted by Gasteiger charge is 2.35. The summed E-state index contributed by atoms with van der Waals surface area (Å²) in [4.78, 5) is 28.9. The minimum atomic E-state index is 0.0153. The molecule has 2 bridgehead atoms. The summed E-state index contributed by atoms with van der Waals surface area (Å²) in [6.45, 7) is 2.01. The van der Waals surface area contributed by atoms with Gasteiger partial charge < -0.3 is 24.6 Å². The van der Waals surface area contributed by atoms with Crippen molar-refractivity contribution < 1.29 is 19.1 Å². The summed E-state index contributed by atoms with van der Waals surface area (Å²) in [6, 6.07) is 4.56. The van der Waals surface area contributed by atoms with Gasteiger partial charge in [0.2, 0.25) is 11.8 Å². The topological polar surface area (TPSA) is 71.1 Å². The van der Waals surface area contributed by atoms with Crippen LogP contribution < -0.4 is 14.8 Å². The molecule has 2 saturated heterocycles. The standard InChI is InChI=1S/C20H27N3O4/c1-26-17-7-13-5-6-22(10-14(13)8-18(17)27-2)20(25)12-23-11-16-4-3-15(21-16)9-19(23)24/h7-8,15-16,21H,3-6,9-12H2,1-2H3/t15-,16+/m1/s1. The lowest BCUT2D eigenvalue weighted by atomic mass is 9.98. The fraction of sp³-hybridized carbons (Fsp3) is 0.600. The van der Waals surface area contributed by atoms with E-state index in [4.69, 9.17) is 9.47 Å². The van der Waals surface area contributed by atoms with Crippen molar-refractivity contribution in [3.05, 3.63) is 23.3 Å². The van der Waals surface area contributed by atoms with Crippen molar-refractivity contribution in [3.63, 3.8) is 0 Å². The quantitative estimate of drug-likeness (QED) is 0.851. The molecule has 27 heavy (non-hydrogen) atoms. The number of rotatable bonds is 4. The lowest BCUT2D eigenvalue weighted by Crippen LogP contribution is -2.46. The molecule has 7 heteroatoms. The van der Waals surface area contributed by atoms with Crippen molar-refractivity contribution in [1.29, 1.82) is 0 Å². The highest BCUT2D eigenvalue weighted by atomic mass is 16.5. The van der Waals surface area contributed by atoms with Crippen molar-refractivity contribution in [2.24, 2.45) is 0 Å². The Morgan fingerprint density at radius 2 is 1.85 bits per heavy atom. The number of likely N-dealkylation sites (tertiary alicyclic amines) is 1. The smallest absolute Gasteiger partial charge is 0.242 e. The Bertz CT molecular complexity index is 751. The van der Waals surface area contributed by atoms with E-state index in [0.717, 1.165) is 24.8 Å². The maximum absolute atomic E-state index is 12.9. The zero-order chi connectivity index (χ0) is 19.0. The van der Waals surface area contributed by atoms with E-state index in [1.165, 1.54) is 5.56 Å². The van der Waals surface area contributed by atoms with E-state index in [0.29, 0.717) is 43.6 Å². The number of methoxy groups -OCH3 is 2. The second-order valence-corrected chi connectivity index (χ2v) is 7.66. The summed E-state index contributed by atoms with van der Waals surface area (Å²) in [5.41, 5.74) is 2.26. The van der Waals surface area contributed by atoms with E-state index >= 15 is 0 Å². The summed E-state index contributed by atoms with van der Waals surface area (Å²) in [5.74, 6) is 1.50. The van der Waals surface area contributed by atoms with Crippen LogP contribution in [-0.4, -0.2) is 67.6 Å². The van der Waals surface area contributed by atoms with E-state index in [9.17, 15) is 9.59 Å². The number of ether oxygens (including phenoxy) is 2. The van der Waals surface area contributed by atoms with E-state index < -0.39 is 0 Å². The molecule has 2 atom stereocenters. The second-order valence-electron chi connectivity index (χ2n) is 7.66. The Morgan fingerprint density at radius 3 is 2.59 bits per heavy atom. The molecule has 1 aromatic carbocycles. The molecule has 0 aliphatic carbocycles. The number of hydrogen-bond acceptors (Lipinski definition) is 5. The molecular weight excluding hydrogens is 346 g/mol. The normalized spacial score (nSPS) is 24.4. The zero-order valence-electron chi connectivity index (χ0n) is 16.0. The molecule has 1 N–H and O–H groups in total. The molecular formula is C20H27N3O4. The van der Waals surface area contributed by atoms with Gasteiger partial charge in [0.25, 0.3) is 0 Å². The first-order valence-corrected chi connectivity index (χ1v) is 9.62. The van der Waals surface area contributed by atoms with Crippen LogP contribution in [0.3, 0.4) is 0 Å². The summed E-state index contributed by atoms with van der Waals surface area (Å²) < 4.78 is 10.8. The molecule has 0 saturated carbocycles. The largest absolute Gasteiger partial charge is 0.493 e. The number of benzene rings is 1. The lowest BCUT2D eigenvalue weighted by molar-refractivity contribution is -0.141. The van der Waals surface area contributed by atoms with E-state index in [1.54, 1.807) is 19.1 Å². The highest BCUT2D eigenvalue weighted by molar-refractivity contribution is 5.85. The Kier molecular flexibility index (Phi) is 4.95. The first kappa shape index (κ1) is 18.1. The van der Waals surface area contributed by atoms with Crippen LogP contribution in [0.25, 0.3) is 0 Å². The average Bonchev–Trinajstić information content (AvgIpc) is 3.05. The number of amides is 2. The molecule has 0 spiro atoms. The van der Waals surface area contributed by atoms with Gasteiger partial charge in [0.05, 0.1) is 20.8 Å². The predicted octanol–water partition coefficient (Wildman–Crippen LogP) is 0.941. The summed E-state index contributed by atoms with van der Waals surface area (Å²) >= 11 is 0. The average molecular weight is 373 g/mol. The lowest BCUT2D eigenvalue weighted by Gasteiger charge is -2.32. The minimum absolute atomic E-state index is 0.0153. The maximum Gasteiger partial charge on any atom is 0.242 e. The number of carbonyl (C=O) groups is 2. The van der Waals surface area contributed by atoms with Crippen LogP contribution in [0.4, 0.5) is 0 Å². The SMILES string of the molecule is COc1cc2c(cc1OC)CN(C(=O)CN1C[C@@H]3CC[C@H](CC1=O)N3)CC2. The molecule has 3 aliphatic rings. The van der Waals surface area contributed by atoms with Crippen molar-refractivity contribution in [2.75, 3.05) is 33.9 Å². The number of fused-ring (bicyclic) bond motifs is 3. The van der Waals surface area contributed by atoms with Crippen LogP contribution >= 0.6 is 0 Å². The van der Waals surface area contributed by atoms with Crippen molar-refractivity contribution in [1.82, 2.24) is 15.1 Å². The summed E-state index contributed by atoms with van der Waals surface area (Å²) in [7, 11) is 3.24. The Labute approximate surface area is 159 Å². The summed E-state index contributed by atoms with van der Waals surface area (Å²) in [6.07, 6.45) is 3.43. The Morgan fingerprint density at radius 1 is 1.15 bits per heavy atom. The Balaban J connectivity index is 1.44. The van der Waals surface area contributed by atoms with Crippen LogP contribution in [0.2, 0.25) is 0 Å². The third-order valence-corrected chi connectivity index (χ3v) is 5.95. The van der Waals surface area contributed by atoms with Crippen LogP contribution in [0.1, 0.15) is 30.4 Å². The molecule has 0 aromatic heterocycles. The fourth-order valence-electron chi connectivity index (χ4n) is 4.43. The number of hydrogen-bond donors (Lipinski definition) is 1. The number of nitrogens with one attached hydrogen (secondary N) is 1. The van der Waals surface area contributed by atoms with Gasteiger partial charge in [-0.05, 0) is 42.5 Å². The van der Waals surface area contributed by atoms with Gasteiger partial charge >= 0.3 is 0 Å². The summed E-state index contributed by atoms with van der Waals surface area (Å²) in [5, 5.41) is 3.49.